The van der Waals surface area contributed by atoms with Crippen molar-refractivity contribution in [2.75, 3.05) is 13.1 Å². The van der Waals surface area contributed by atoms with Gasteiger partial charge in [0.15, 0.2) is 0 Å². The minimum absolute atomic E-state index is 0.121. The Morgan fingerprint density at radius 1 is 1.35 bits per heavy atom. The lowest BCUT2D eigenvalue weighted by Gasteiger charge is -2.27. The molecule has 2 heterocycles. The molecule has 1 aliphatic rings. The Hall–Kier alpha value is -2.07. The summed E-state index contributed by atoms with van der Waals surface area (Å²) in [5.41, 5.74) is 2.82. The number of aromatic nitrogens is 3. The maximum absolute atomic E-state index is 11.0. The predicted octanol–water partition coefficient (Wildman–Crippen LogP) is 3.98. The molecule has 2 aromatic rings. The largest absolute Gasteiger partial charge is 0.465 e. The molecule has 0 radical (unpaired) electrons. The van der Waals surface area contributed by atoms with E-state index >= 15 is 0 Å². The first-order chi connectivity index (χ1) is 12.2. The maximum atomic E-state index is 11.0. The number of likely N-dealkylation sites (tertiary alicyclic amines) is 1. The zero-order chi connectivity index (χ0) is 18.9. The Morgan fingerprint density at radius 3 is 2.65 bits per heavy atom. The standard InChI is InChI=1S/C19H23BrN4O2/c1-19(2,3)12-24-15-7-6-14(16(20)17(15)21-22-24)5-4-13-8-10-23(11-9-13)18(25)26/h6-7,13H,8-12H2,1-3H3,(H,25,26). The first-order valence-electron chi connectivity index (χ1n) is 8.76. The average molecular weight is 419 g/mol. The van der Waals surface area contributed by atoms with Gasteiger partial charge in [-0.1, -0.05) is 37.8 Å². The van der Waals surface area contributed by atoms with Gasteiger partial charge in [-0.3, -0.25) is 0 Å². The number of rotatable bonds is 1. The van der Waals surface area contributed by atoms with Crippen molar-refractivity contribution in [1.29, 1.82) is 0 Å². The number of nitrogens with zero attached hydrogens (tertiary/aromatic N) is 4. The summed E-state index contributed by atoms with van der Waals surface area (Å²) in [6.07, 6.45) is 0.713. The summed E-state index contributed by atoms with van der Waals surface area (Å²) in [6.45, 7) is 8.41. The molecule has 1 amide bonds. The average Bonchev–Trinajstić information content (AvgIpc) is 2.96. The fourth-order valence-corrected chi connectivity index (χ4v) is 3.58. The lowest BCUT2D eigenvalue weighted by atomic mass is 9.97. The minimum atomic E-state index is -0.844. The second-order valence-corrected chi connectivity index (χ2v) is 8.71. The van der Waals surface area contributed by atoms with Crippen molar-refractivity contribution in [3.8, 4) is 11.8 Å². The molecule has 0 unspecified atom stereocenters. The molecule has 138 valence electrons. The van der Waals surface area contributed by atoms with Crippen molar-refractivity contribution in [2.45, 2.75) is 40.2 Å². The Kier molecular flexibility index (Phi) is 5.24. The Balaban J connectivity index is 1.78. The van der Waals surface area contributed by atoms with Gasteiger partial charge >= 0.3 is 6.09 Å². The topological polar surface area (TPSA) is 71.2 Å². The predicted molar refractivity (Wildman–Crippen MR) is 104 cm³/mol. The van der Waals surface area contributed by atoms with Gasteiger partial charge in [-0.05, 0) is 46.3 Å². The normalized spacial score (nSPS) is 15.8. The molecule has 0 spiro atoms. The summed E-state index contributed by atoms with van der Waals surface area (Å²) in [6, 6.07) is 4.01. The van der Waals surface area contributed by atoms with Gasteiger partial charge < -0.3 is 10.0 Å². The van der Waals surface area contributed by atoms with Gasteiger partial charge in [0.2, 0.25) is 0 Å². The Morgan fingerprint density at radius 2 is 2.04 bits per heavy atom. The molecule has 0 aliphatic carbocycles. The fraction of sp³-hybridized carbons (Fsp3) is 0.526. The van der Waals surface area contributed by atoms with E-state index in [1.807, 2.05) is 16.8 Å². The molecule has 1 aromatic heterocycles. The Labute approximate surface area is 161 Å². The van der Waals surface area contributed by atoms with E-state index in [0.29, 0.717) is 13.1 Å². The summed E-state index contributed by atoms with van der Waals surface area (Å²) >= 11 is 3.62. The van der Waals surface area contributed by atoms with Crippen LogP contribution >= 0.6 is 15.9 Å². The lowest BCUT2D eigenvalue weighted by Crippen LogP contribution is -2.37. The van der Waals surface area contributed by atoms with Crippen molar-refractivity contribution < 1.29 is 9.90 Å². The summed E-state index contributed by atoms with van der Waals surface area (Å²) in [5, 5.41) is 17.6. The quantitative estimate of drug-likeness (QED) is 0.710. The van der Waals surface area contributed by atoms with E-state index in [1.54, 1.807) is 0 Å². The van der Waals surface area contributed by atoms with Gasteiger partial charge in [0.05, 0.1) is 9.99 Å². The van der Waals surface area contributed by atoms with Crippen LogP contribution in [-0.4, -0.2) is 44.2 Å². The zero-order valence-electron chi connectivity index (χ0n) is 15.3. The molecule has 0 bridgehead atoms. The number of piperidine rings is 1. The van der Waals surface area contributed by atoms with Crippen LogP contribution in [0, 0.1) is 23.2 Å². The van der Waals surface area contributed by atoms with Crippen LogP contribution in [0.4, 0.5) is 4.79 Å². The highest BCUT2D eigenvalue weighted by Crippen LogP contribution is 2.27. The number of hydrogen-bond donors (Lipinski definition) is 1. The number of hydrogen-bond acceptors (Lipinski definition) is 3. The monoisotopic (exact) mass is 418 g/mol. The smallest absolute Gasteiger partial charge is 0.407 e. The third-order valence-electron chi connectivity index (χ3n) is 4.43. The second-order valence-electron chi connectivity index (χ2n) is 7.92. The fourth-order valence-electron chi connectivity index (χ4n) is 3.06. The minimum Gasteiger partial charge on any atom is -0.465 e. The van der Waals surface area contributed by atoms with Crippen LogP contribution in [0.2, 0.25) is 0 Å². The Bertz CT molecular complexity index is 881. The first-order valence-corrected chi connectivity index (χ1v) is 9.55. The lowest BCUT2D eigenvalue weighted by molar-refractivity contribution is 0.130. The van der Waals surface area contributed by atoms with Crippen LogP contribution in [0.25, 0.3) is 11.0 Å². The third-order valence-corrected chi connectivity index (χ3v) is 5.23. The molecule has 0 atom stereocenters. The highest BCUT2D eigenvalue weighted by atomic mass is 79.9. The SMILES string of the molecule is CC(C)(C)Cn1nnc2c(Br)c(C#CC3CCN(C(=O)O)CC3)ccc21. The van der Waals surface area contributed by atoms with Crippen LogP contribution in [-0.2, 0) is 6.54 Å². The van der Waals surface area contributed by atoms with Crippen molar-refractivity contribution >= 4 is 33.1 Å². The van der Waals surface area contributed by atoms with E-state index in [-0.39, 0.29) is 11.3 Å². The summed E-state index contributed by atoms with van der Waals surface area (Å²) in [5.74, 6) is 6.76. The second kappa shape index (κ2) is 7.28. The number of carboxylic acid groups (broad SMARTS) is 1. The van der Waals surface area contributed by atoms with Crippen molar-refractivity contribution in [3.05, 3.63) is 22.2 Å². The van der Waals surface area contributed by atoms with Crippen LogP contribution in [0.15, 0.2) is 16.6 Å². The number of amides is 1. The van der Waals surface area contributed by atoms with E-state index < -0.39 is 6.09 Å². The molecule has 1 aliphatic heterocycles. The van der Waals surface area contributed by atoms with Gasteiger partial charge in [0.1, 0.15) is 5.52 Å². The summed E-state index contributed by atoms with van der Waals surface area (Å²) < 4.78 is 2.80. The van der Waals surface area contributed by atoms with Crippen molar-refractivity contribution in [1.82, 2.24) is 19.9 Å². The first kappa shape index (κ1) is 18.7. The van der Waals surface area contributed by atoms with E-state index in [1.165, 1.54) is 4.90 Å². The molecule has 1 N–H and O–H groups in total. The highest BCUT2D eigenvalue weighted by Gasteiger charge is 2.21. The highest BCUT2D eigenvalue weighted by molar-refractivity contribution is 9.10. The van der Waals surface area contributed by atoms with Gasteiger partial charge in [0.25, 0.3) is 0 Å². The van der Waals surface area contributed by atoms with E-state index in [4.69, 9.17) is 5.11 Å². The molecule has 7 heteroatoms. The number of halogens is 1. The van der Waals surface area contributed by atoms with E-state index in [9.17, 15) is 4.79 Å². The van der Waals surface area contributed by atoms with Crippen LogP contribution in [0.3, 0.4) is 0 Å². The molecule has 3 rings (SSSR count). The van der Waals surface area contributed by atoms with Crippen LogP contribution < -0.4 is 0 Å². The van der Waals surface area contributed by atoms with Gasteiger partial charge in [-0.2, -0.15) is 0 Å². The molecule has 0 saturated carbocycles. The number of fused-ring (bicyclic) bond motifs is 1. The third kappa shape index (κ3) is 4.18. The molecule has 1 saturated heterocycles. The van der Waals surface area contributed by atoms with E-state index in [2.05, 4.69) is 58.9 Å². The number of carbonyl (C=O) groups is 1. The summed E-state index contributed by atoms with van der Waals surface area (Å²) in [4.78, 5) is 12.4. The molecule has 1 fully saturated rings. The molecule has 26 heavy (non-hydrogen) atoms. The number of benzene rings is 1. The molecular formula is C19H23BrN4O2. The summed E-state index contributed by atoms with van der Waals surface area (Å²) in [7, 11) is 0. The van der Waals surface area contributed by atoms with Gasteiger partial charge in [-0.25, -0.2) is 9.48 Å². The van der Waals surface area contributed by atoms with Crippen LogP contribution in [0.5, 0.6) is 0 Å². The molecule has 6 nitrogen and oxygen atoms in total. The van der Waals surface area contributed by atoms with Gasteiger partial charge in [0, 0.05) is 31.1 Å². The zero-order valence-corrected chi connectivity index (χ0v) is 16.9. The maximum Gasteiger partial charge on any atom is 0.407 e. The molecule has 1 aromatic carbocycles. The molecular weight excluding hydrogens is 396 g/mol. The van der Waals surface area contributed by atoms with Crippen molar-refractivity contribution in [3.63, 3.8) is 0 Å². The van der Waals surface area contributed by atoms with Crippen LogP contribution in [0.1, 0.15) is 39.2 Å². The van der Waals surface area contributed by atoms with E-state index in [0.717, 1.165) is 40.5 Å². The van der Waals surface area contributed by atoms with Gasteiger partial charge in [-0.15, -0.1) is 5.10 Å². The van der Waals surface area contributed by atoms with Crippen molar-refractivity contribution in [2.24, 2.45) is 11.3 Å².